The molecule has 1 aromatic carbocycles. The lowest BCUT2D eigenvalue weighted by molar-refractivity contribution is 0.291. The molecule has 1 aliphatic heterocycles. The minimum atomic E-state index is 0.666. The van der Waals surface area contributed by atoms with Gasteiger partial charge in [0.15, 0.2) is 0 Å². The van der Waals surface area contributed by atoms with Gasteiger partial charge in [-0.25, -0.2) is 0 Å². The highest BCUT2D eigenvalue weighted by atomic mass is 16.3. The van der Waals surface area contributed by atoms with Crippen molar-refractivity contribution in [1.82, 2.24) is 10.2 Å². The van der Waals surface area contributed by atoms with Gasteiger partial charge >= 0.3 is 0 Å². The van der Waals surface area contributed by atoms with E-state index < -0.39 is 0 Å². The van der Waals surface area contributed by atoms with Gasteiger partial charge in [0.05, 0.1) is 6.54 Å². The SMILES string of the molecule is CNCc1cc(CN2CCC(c3ccccc3)C2)oc1C. The number of hydrogen-bond acceptors (Lipinski definition) is 3. The van der Waals surface area contributed by atoms with E-state index in [0.717, 1.165) is 37.7 Å². The third-order valence-electron chi connectivity index (χ3n) is 4.36. The van der Waals surface area contributed by atoms with Crippen LogP contribution in [-0.2, 0) is 13.1 Å². The van der Waals surface area contributed by atoms with Crippen molar-refractivity contribution in [3.8, 4) is 0 Å². The van der Waals surface area contributed by atoms with E-state index in [1.165, 1.54) is 17.5 Å². The molecule has 0 aliphatic carbocycles. The quantitative estimate of drug-likeness (QED) is 0.913. The fourth-order valence-electron chi connectivity index (χ4n) is 3.23. The second-order valence-corrected chi connectivity index (χ2v) is 5.96. The topological polar surface area (TPSA) is 28.4 Å². The predicted molar refractivity (Wildman–Crippen MR) is 85.3 cm³/mol. The molecular formula is C18H24N2O. The maximum absolute atomic E-state index is 5.89. The molecule has 1 saturated heterocycles. The van der Waals surface area contributed by atoms with Gasteiger partial charge in [0.1, 0.15) is 11.5 Å². The molecule has 0 amide bonds. The standard InChI is InChI=1S/C18H24N2O/c1-14-17(11-19-2)10-18(21-14)13-20-9-8-16(12-20)15-6-4-3-5-7-15/h3-7,10,16,19H,8-9,11-13H2,1-2H3. The largest absolute Gasteiger partial charge is 0.465 e. The van der Waals surface area contributed by atoms with Gasteiger partial charge in [-0.15, -0.1) is 0 Å². The first-order valence-corrected chi connectivity index (χ1v) is 7.76. The van der Waals surface area contributed by atoms with Gasteiger partial charge in [0, 0.05) is 18.7 Å². The van der Waals surface area contributed by atoms with Crippen LogP contribution in [-0.4, -0.2) is 25.0 Å². The lowest BCUT2D eigenvalue weighted by Crippen LogP contribution is -2.19. The number of rotatable bonds is 5. The van der Waals surface area contributed by atoms with Crippen molar-refractivity contribution >= 4 is 0 Å². The normalized spacial score (nSPS) is 19.2. The first-order chi connectivity index (χ1) is 10.3. The highest BCUT2D eigenvalue weighted by Crippen LogP contribution is 2.28. The minimum Gasteiger partial charge on any atom is -0.465 e. The van der Waals surface area contributed by atoms with Crippen LogP contribution in [0.3, 0.4) is 0 Å². The molecule has 112 valence electrons. The summed E-state index contributed by atoms with van der Waals surface area (Å²) >= 11 is 0. The van der Waals surface area contributed by atoms with E-state index >= 15 is 0 Å². The third kappa shape index (κ3) is 3.36. The summed E-state index contributed by atoms with van der Waals surface area (Å²) in [5.41, 5.74) is 2.73. The van der Waals surface area contributed by atoms with Crippen LogP contribution in [0.1, 0.15) is 35.0 Å². The van der Waals surface area contributed by atoms with Crippen molar-refractivity contribution in [1.29, 1.82) is 0 Å². The number of furan rings is 1. The number of hydrogen-bond donors (Lipinski definition) is 1. The van der Waals surface area contributed by atoms with Crippen LogP contribution in [0.2, 0.25) is 0 Å². The predicted octanol–water partition coefficient (Wildman–Crippen LogP) is 3.30. The number of benzene rings is 1. The van der Waals surface area contributed by atoms with Crippen molar-refractivity contribution in [2.45, 2.75) is 32.4 Å². The molecule has 0 spiro atoms. The molecule has 1 unspecified atom stereocenters. The lowest BCUT2D eigenvalue weighted by Gasteiger charge is -2.14. The van der Waals surface area contributed by atoms with Crippen LogP contribution in [0.5, 0.6) is 0 Å². The van der Waals surface area contributed by atoms with E-state index in [0.29, 0.717) is 5.92 Å². The highest BCUT2D eigenvalue weighted by Gasteiger charge is 2.24. The Bertz CT molecular complexity index is 576. The summed E-state index contributed by atoms with van der Waals surface area (Å²) in [5.74, 6) is 2.80. The van der Waals surface area contributed by atoms with Crippen LogP contribution in [0.25, 0.3) is 0 Å². The zero-order valence-corrected chi connectivity index (χ0v) is 12.9. The average Bonchev–Trinajstić information content (AvgIpc) is 3.08. The van der Waals surface area contributed by atoms with Gasteiger partial charge in [-0.3, -0.25) is 4.90 Å². The van der Waals surface area contributed by atoms with Crippen LogP contribution >= 0.6 is 0 Å². The molecule has 2 heterocycles. The van der Waals surface area contributed by atoms with Crippen LogP contribution in [0.15, 0.2) is 40.8 Å². The van der Waals surface area contributed by atoms with Crippen molar-refractivity contribution < 1.29 is 4.42 Å². The van der Waals surface area contributed by atoms with Gasteiger partial charge in [-0.05, 0) is 44.5 Å². The van der Waals surface area contributed by atoms with E-state index in [9.17, 15) is 0 Å². The molecule has 1 aromatic heterocycles. The van der Waals surface area contributed by atoms with E-state index in [2.05, 4.69) is 46.6 Å². The van der Waals surface area contributed by atoms with E-state index in [1.54, 1.807) is 0 Å². The Labute approximate surface area is 127 Å². The molecule has 3 rings (SSSR count). The molecule has 1 atom stereocenters. The molecule has 0 radical (unpaired) electrons. The first-order valence-electron chi connectivity index (χ1n) is 7.76. The summed E-state index contributed by atoms with van der Waals surface area (Å²) in [4.78, 5) is 2.50. The monoisotopic (exact) mass is 284 g/mol. The summed E-state index contributed by atoms with van der Waals surface area (Å²) in [6.07, 6.45) is 1.24. The van der Waals surface area contributed by atoms with Gasteiger partial charge in [0.2, 0.25) is 0 Å². The Hall–Kier alpha value is -1.58. The van der Waals surface area contributed by atoms with Gasteiger partial charge in [-0.2, -0.15) is 0 Å². The molecule has 2 aromatic rings. The Kier molecular flexibility index (Phi) is 4.42. The summed E-state index contributed by atoms with van der Waals surface area (Å²) in [6.45, 7) is 6.13. The molecular weight excluding hydrogens is 260 g/mol. The van der Waals surface area contributed by atoms with Gasteiger partial charge in [-0.1, -0.05) is 30.3 Å². The zero-order chi connectivity index (χ0) is 14.7. The van der Waals surface area contributed by atoms with Crippen LogP contribution in [0, 0.1) is 6.92 Å². The third-order valence-corrected chi connectivity index (χ3v) is 4.36. The maximum Gasteiger partial charge on any atom is 0.118 e. The second-order valence-electron chi connectivity index (χ2n) is 5.96. The number of nitrogens with one attached hydrogen (secondary N) is 1. The molecule has 1 fully saturated rings. The molecule has 0 bridgehead atoms. The Morgan fingerprint density at radius 2 is 2.10 bits per heavy atom. The number of likely N-dealkylation sites (tertiary alicyclic amines) is 1. The van der Waals surface area contributed by atoms with Crippen molar-refractivity contribution in [2.75, 3.05) is 20.1 Å². The van der Waals surface area contributed by atoms with Crippen molar-refractivity contribution in [2.24, 2.45) is 0 Å². The molecule has 3 heteroatoms. The van der Waals surface area contributed by atoms with E-state index in [1.807, 2.05) is 14.0 Å². The van der Waals surface area contributed by atoms with Crippen molar-refractivity contribution in [3.63, 3.8) is 0 Å². The maximum atomic E-state index is 5.89. The Morgan fingerprint density at radius 3 is 2.86 bits per heavy atom. The van der Waals surface area contributed by atoms with Crippen molar-refractivity contribution in [3.05, 3.63) is 59.0 Å². The molecule has 1 aliphatic rings. The number of aryl methyl sites for hydroxylation is 1. The number of nitrogens with zero attached hydrogens (tertiary/aromatic N) is 1. The molecule has 1 N–H and O–H groups in total. The first kappa shape index (κ1) is 14.4. The van der Waals surface area contributed by atoms with Gasteiger partial charge < -0.3 is 9.73 Å². The lowest BCUT2D eigenvalue weighted by atomic mass is 9.99. The summed E-state index contributed by atoms with van der Waals surface area (Å²) in [5, 5.41) is 3.19. The summed E-state index contributed by atoms with van der Waals surface area (Å²) in [6, 6.07) is 13.1. The molecule has 0 saturated carbocycles. The smallest absolute Gasteiger partial charge is 0.118 e. The molecule has 21 heavy (non-hydrogen) atoms. The fraction of sp³-hybridized carbons (Fsp3) is 0.444. The minimum absolute atomic E-state index is 0.666. The fourth-order valence-corrected chi connectivity index (χ4v) is 3.23. The highest BCUT2D eigenvalue weighted by molar-refractivity contribution is 5.22. The Balaban J connectivity index is 1.61. The van der Waals surface area contributed by atoms with E-state index in [-0.39, 0.29) is 0 Å². The van der Waals surface area contributed by atoms with Gasteiger partial charge in [0.25, 0.3) is 0 Å². The van der Waals surface area contributed by atoms with E-state index in [4.69, 9.17) is 4.42 Å². The van der Waals surface area contributed by atoms with Crippen LogP contribution < -0.4 is 5.32 Å². The summed E-state index contributed by atoms with van der Waals surface area (Å²) in [7, 11) is 1.97. The summed E-state index contributed by atoms with van der Waals surface area (Å²) < 4.78 is 5.89. The average molecular weight is 284 g/mol. The van der Waals surface area contributed by atoms with Crippen LogP contribution in [0.4, 0.5) is 0 Å². The molecule has 3 nitrogen and oxygen atoms in total. The second kappa shape index (κ2) is 6.46. The Morgan fingerprint density at radius 1 is 1.29 bits per heavy atom. The zero-order valence-electron chi connectivity index (χ0n) is 12.9.